The van der Waals surface area contributed by atoms with E-state index in [0.717, 1.165) is 27.6 Å². The Hall–Kier alpha value is -3.19. The van der Waals surface area contributed by atoms with Crippen molar-refractivity contribution in [2.24, 2.45) is 0 Å². The smallest absolute Gasteiger partial charge is 0.263 e. The number of nitrogens with zero attached hydrogens (tertiary/aromatic N) is 1. The average Bonchev–Trinajstić information content (AvgIpc) is 3.16. The van der Waals surface area contributed by atoms with Crippen molar-refractivity contribution in [1.29, 1.82) is 0 Å². The first-order valence-electron chi connectivity index (χ1n) is 10.3. The Morgan fingerprint density at radius 1 is 1.06 bits per heavy atom. The summed E-state index contributed by atoms with van der Waals surface area (Å²) >= 11 is 1.38. The third-order valence-corrected chi connectivity index (χ3v) is 5.98. The number of thiazole rings is 1. The van der Waals surface area contributed by atoms with E-state index in [1.807, 2.05) is 76.2 Å². The summed E-state index contributed by atoms with van der Waals surface area (Å²) in [6, 6.07) is 15.0. The van der Waals surface area contributed by atoms with Crippen molar-refractivity contribution in [2.75, 3.05) is 11.9 Å². The molecule has 1 heterocycles. The predicted octanol–water partition coefficient (Wildman–Crippen LogP) is 5.36. The van der Waals surface area contributed by atoms with Crippen molar-refractivity contribution in [1.82, 2.24) is 10.3 Å². The molecule has 0 saturated carbocycles. The Morgan fingerprint density at radius 3 is 2.35 bits per heavy atom. The van der Waals surface area contributed by atoms with E-state index >= 15 is 0 Å². The van der Waals surface area contributed by atoms with E-state index in [2.05, 4.69) is 15.6 Å². The van der Waals surface area contributed by atoms with Crippen LogP contribution in [0.4, 0.5) is 5.69 Å². The molecule has 162 valence electrons. The Balaban J connectivity index is 1.68. The highest BCUT2D eigenvalue weighted by atomic mass is 32.1. The molecule has 2 N–H and O–H groups in total. The van der Waals surface area contributed by atoms with E-state index < -0.39 is 0 Å². The quantitative estimate of drug-likeness (QED) is 0.497. The van der Waals surface area contributed by atoms with Gasteiger partial charge in [-0.15, -0.1) is 11.3 Å². The zero-order valence-electron chi connectivity index (χ0n) is 18.2. The van der Waals surface area contributed by atoms with Gasteiger partial charge < -0.3 is 15.4 Å². The van der Waals surface area contributed by atoms with Crippen molar-refractivity contribution < 1.29 is 14.3 Å². The molecule has 0 saturated heterocycles. The molecule has 3 aromatic rings. The molecule has 1 unspecified atom stereocenters. The maximum atomic E-state index is 12.9. The van der Waals surface area contributed by atoms with Crippen molar-refractivity contribution in [3.05, 3.63) is 64.7 Å². The summed E-state index contributed by atoms with van der Waals surface area (Å²) in [4.78, 5) is 29.6. The van der Waals surface area contributed by atoms with Crippen LogP contribution >= 0.6 is 11.3 Å². The minimum Gasteiger partial charge on any atom is -0.494 e. The van der Waals surface area contributed by atoms with Crippen LogP contribution in [0.15, 0.2) is 48.5 Å². The van der Waals surface area contributed by atoms with Crippen LogP contribution in [0.1, 0.15) is 54.2 Å². The Labute approximate surface area is 186 Å². The van der Waals surface area contributed by atoms with Gasteiger partial charge in [0.05, 0.1) is 18.3 Å². The first-order chi connectivity index (χ1) is 14.9. The molecule has 31 heavy (non-hydrogen) atoms. The summed E-state index contributed by atoms with van der Waals surface area (Å²) in [5.41, 5.74) is 3.36. The normalized spacial score (nSPS) is 11.6. The maximum absolute atomic E-state index is 12.9. The number of aromatic nitrogens is 1. The van der Waals surface area contributed by atoms with Crippen LogP contribution in [0.25, 0.3) is 10.6 Å². The minimum atomic E-state index is -0.182. The molecule has 7 heteroatoms. The summed E-state index contributed by atoms with van der Waals surface area (Å²) in [6.45, 7) is 8.15. The van der Waals surface area contributed by atoms with E-state index in [9.17, 15) is 9.59 Å². The monoisotopic (exact) mass is 437 g/mol. The molecule has 6 nitrogen and oxygen atoms in total. The molecule has 2 aromatic carbocycles. The Morgan fingerprint density at radius 2 is 1.74 bits per heavy atom. The van der Waals surface area contributed by atoms with Crippen LogP contribution < -0.4 is 15.4 Å². The van der Waals surface area contributed by atoms with Gasteiger partial charge in [0.25, 0.3) is 5.91 Å². The largest absolute Gasteiger partial charge is 0.494 e. The number of carbonyl (C=O) groups is 2. The molecular weight excluding hydrogens is 410 g/mol. The standard InChI is InChI=1S/C24H27N3O3S/c1-5-21(28)27-19-11-7-17(8-12-19)15(3)25-23(29)22-16(4)26-24(31-22)18-9-13-20(14-10-18)30-6-2/h7-15H,5-6H2,1-4H3,(H,25,29)(H,27,28). The highest BCUT2D eigenvalue weighted by Gasteiger charge is 2.18. The minimum absolute atomic E-state index is 0.0295. The van der Waals surface area contributed by atoms with E-state index in [4.69, 9.17) is 4.74 Å². The van der Waals surface area contributed by atoms with Crippen molar-refractivity contribution in [3.8, 4) is 16.3 Å². The molecule has 0 aliphatic rings. The lowest BCUT2D eigenvalue weighted by molar-refractivity contribution is -0.115. The van der Waals surface area contributed by atoms with E-state index in [-0.39, 0.29) is 17.9 Å². The molecule has 1 atom stereocenters. The van der Waals surface area contributed by atoms with Crippen molar-refractivity contribution >= 4 is 28.8 Å². The summed E-state index contributed by atoms with van der Waals surface area (Å²) in [5.74, 6) is 0.632. The van der Waals surface area contributed by atoms with Crippen molar-refractivity contribution in [3.63, 3.8) is 0 Å². The molecule has 0 fully saturated rings. The first kappa shape index (κ1) is 22.5. The van der Waals surface area contributed by atoms with Gasteiger partial charge in [0.1, 0.15) is 15.6 Å². The fraction of sp³-hybridized carbons (Fsp3) is 0.292. The molecule has 0 radical (unpaired) electrons. The SMILES string of the molecule is CCOc1ccc(-c2nc(C)c(C(=O)NC(C)c3ccc(NC(=O)CC)cc3)s2)cc1. The maximum Gasteiger partial charge on any atom is 0.263 e. The number of anilines is 1. The van der Waals surface area contributed by atoms with Crippen molar-refractivity contribution in [2.45, 2.75) is 40.2 Å². The molecule has 0 aliphatic heterocycles. The second kappa shape index (κ2) is 10.2. The second-order valence-corrected chi connectivity index (χ2v) is 8.11. The molecule has 3 rings (SSSR count). The summed E-state index contributed by atoms with van der Waals surface area (Å²) in [7, 11) is 0. The second-order valence-electron chi connectivity index (χ2n) is 7.11. The topological polar surface area (TPSA) is 80.3 Å². The van der Waals surface area contributed by atoms with E-state index in [0.29, 0.717) is 23.6 Å². The van der Waals surface area contributed by atoms with Crippen LogP contribution in [0.3, 0.4) is 0 Å². The lowest BCUT2D eigenvalue weighted by Gasteiger charge is -2.14. The number of ether oxygens (including phenoxy) is 1. The number of carbonyl (C=O) groups excluding carboxylic acids is 2. The molecule has 0 spiro atoms. The van der Waals surface area contributed by atoms with Crippen LogP contribution in [-0.2, 0) is 4.79 Å². The molecule has 1 aromatic heterocycles. The number of benzene rings is 2. The van der Waals surface area contributed by atoms with Gasteiger partial charge in [-0.05, 0) is 62.7 Å². The molecular formula is C24H27N3O3S. The number of nitrogens with one attached hydrogen (secondary N) is 2. The van der Waals surface area contributed by atoms with Gasteiger partial charge >= 0.3 is 0 Å². The average molecular weight is 438 g/mol. The van der Waals surface area contributed by atoms with Crippen LogP contribution in [0.5, 0.6) is 5.75 Å². The van der Waals surface area contributed by atoms with Gasteiger partial charge in [0.15, 0.2) is 0 Å². The molecule has 0 bridgehead atoms. The van der Waals surface area contributed by atoms with Crippen LogP contribution in [0.2, 0.25) is 0 Å². The van der Waals surface area contributed by atoms with Gasteiger partial charge in [-0.25, -0.2) is 4.98 Å². The highest BCUT2D eigenvalue weighted by Crippen LogP contribution is 2.29. The molecule has 0 aliphatic carbocycles. The Kier molecular flexibility index (Phi) is 7.41. The highest BCUT2D eigenvalue weighted by molar-refractivity contribution is 7.17. The lowest BCUT2D eigenvalue weighted by Crippen LogP contribution is -2.26. The van der Waals surface area contributed by atoms with Gasteiger partial charge in [-0.1, -0.05) is 19.1 Å². The fourth-order valence-corrected chi connectivity index (χ4v) is 4.02. The third-order valence-electron chi connectivity index (χ3n) is 4.78. The van der Waals surface area contributed by atoms with Crippen LogP contribution in [0, 0.1) is 6.92 Å². The van der Waals surface area contributed by atoms with Gasteiger partial charge in [0, 0.05) is 17.7 Å². The summed E-state index contributed by atoms with van der Waals surface area (Å²) < 4.78 is 5.48. The predicted molar refractivity (Wildman–Crippen MR) is 125 cm³/mol. The van der Waals surface area contributed by atoms with Gasteiger partial charge in [0.2, 0.25) is 5.91 Å². The number of aryl methyl sites for hydroxylation is 1. The number of hydrogen-bond acceptors (Lipinski definition) is 5. The number of hydrogen-bond donors (Lipinski definition) is 2. The summed E-state index contributed by atoms with van der Waals surface area (Å²) in [5, 5.41) is 6.66. The molecule has 2 amide bonds. The van der Waals surface area contributed by atoms with E-state index in [1.165, 1.54) is 11.3 Å². The zero-order chi connectivity index (χ0) is 22.4. The van der Waals surface area contributed by atoms with Gasteiger partial charge in [-0.2, -0.15) is 0 Å². The zero-order valence-corrected chi connectivity index (χ0v) is 19.0. The van der Waals surface area contributed by atoms with Crippen LogP contribution in [-0.4, -0.2) is 23.4 Å². The fourth-order valence-electron chi connectivity index (χ4n) is 3.04. The lowest BCUT2D eigenvalue weighted by atomic mass is 10.1. The van der Waals surface area contributed by atoms with Gasteiger partial charge in [-0.3, -0.25) is 9.59 Å². The number of amides is 2. The summed E-state index contributed by atoms with van der Waals surface area (Å²) in [6.07, 6.45) is 0.432. The van der Waals surface area contributed by atoms with E-state index in [1.54, 1.807) is 0 Å². The Bertz CT molecular complexity index is 1040. The first-order valence-corrected chi connectivity index (χ1v) is 11.1. The third kappa shape index (κ3) is 5.70. The number of rotatable bonds is 8.